The van der Waals surface area contributed by atoms with Gasteiger partial charge < -0.3 is 15.5 Å². The molecule has 0 bridgehead atoms. The summed E-state index contributed by atoms with van der Waals surface area (Å²) in [5.74, 6) is -0.0686. The summed E-state index contributed by atoms with van der Waals surface area (Å²) >= 11 is 0. The molecule has 0 saturated carbocycles. The Morgan fingerprint density at radius 3 is 2.73 bits per heavy atom. The molecule has 2 aromatic rings. The first kappa shape index (κ1) is 14.1. The molecule has 0 unspecified atom stereocenters. The average Bonchev–Trinajstić information content (AvgIpc) is 2.62. The minimum absolute atomic E-state index is 0.165. The molecule has 112 valence electrons. The van der Waals surface area contributed by atoms with Gasteiger partial charge in [-0.1, -0.05) is 0 Å². The summed E-state index contributed by atoms with van der Waals surface area (Å²) in [6, 6.07) is 8.60. The van der Waals surface area contributed by atoms with E-state index in [9.17, 15) is 9.59 Å². The number of hydrogen-bond acceptors (Lipinski definition) is 4. The molecule has 0 fully saturated rings. The Morgan fingerprint density at radius 1 is 1.27 bits per heavy atom. The van der Waals surface area contributed by atoms with E-state index in [1.165, 1.54) is 4.90 Å². The van der Waals surface area contributed by atoms with Crippen molar-refractivity contribution in [3.8, 4) is 0 Å². The first-order chi connectivity index (χ1) is 10.5. The lowest BCUT2D eigenvalue weighted by molar-refractivity contribution is 0.0986. The van der Waals surface area contributed by atoms with Crippen molar-refractivity contribution >= 4 is 29.0 Å². The molecule has 0 radical (unpaired) electrons. The highest BCUT2D eigenvalue weighted by atomic mass is 16.2. The fourth-order valence-corrected chi connectivity index (χ4v) is 2.68. The fourth-order valence-electron chi connectivity index (χ4n) is 2.68. The minimum atomic E-state index is -0.522. The number of amides is 2. The van der Waals surface area contributed by atoms with Crippen LogP contribution < -0.4 is 15.5 Å². The maximum Gasteiger partial charge on any atom is 0.261 e. The zero-order chi connectivity index (χ0) is 15.9. The third kappa shape index (κ3) is 2.00. The summed E-state index contributed by atoms with van der Waals surface area (Å²) < 4.78 is 0. The van der Waals surface area contributed by atoms with Crippen LogP contribution in [0.2, 0.25) is 0 Å². The Kier molecular flexibility index (Phi) is 3.29. The van der Waals surface area contributed by atoms with Crippen LogP contribution in [0.15, 0.2) is 36.5 Å². The van der Waals surface area contributed by atoms with Crippen molar-refractivity contribution < 1.29 is 9.59 Å². The number of carbonyl (C=O) groups excluding carboxylic acids is 2. The second kappa shape index (κ2) is 5.14. The Bertz CT molecular complexity index is 772. The lowest BCUT2D eigenvalue weighted by Gasteiger charge is -2.24. The van der Waals surface area contributed by atoms with Gasteiger partial charge >= 0.3 is 0 Å². The molecule has 0 aliphatic carbocycles. The molecule has 0 atom stereocenters. The number of carbonyl (C=O) groups is 2. The van der Waals surface area contributed by atoms with Crippen LogP contribution in [0.3, 0.4) is 0 Å². The van der Waals surface area contributed by atoms with Crippen molar-refractivity contribution in [2.24, 2.45) is 5.73 Å². The normalized spacial score (nSPS) is 13.5. The largest absolute Gasteiger partial charge is 0.366 e. The van der Waals surface area contributed by atoms with E-state index < -0.39 is 5.91 Å². The first-order valence-electron chi connectivity index (χ1n) is 6.99. The third-order valence-corrected chi connectivity index (χ3v) is 3.81. The standard InChI is InChI=1S/C16H16N4O2/c1-3-20-12-7-6-10(14(17)21)9-13(12)19(2)16(22)11-5-4-8-18-15(11)20/h4-9H,3H2,1-2H3,(H2,17,21). The number of nitrogens with zero attached hydrogens (tertiary/aromatic N) is 3. The molecule has 2 heterocycles. The molecule has 1 aliphatic rings. The molecule has 2 N–H and O–H groups in total. The van der Waals surface area contributed by atoms with Crippen molar-refractivity contribution in [1.82, 2.24) is 4.98 Å². The monoisotopic (exact) mass is 296 g/mol. The van der Waals surface area contributed by atoms with Gasteiger partial charge in [0.05, 0.1) is 16.9 Å². The molecular weight excluding hydrogens is 280 g/mol. The number of anilines is 3. The van der Waals surface area contributed by atoms with Gasteiger partial charge in [0, 0.05) is 25.4 Å². The lowest BCUT2D eigenvalue weighted by Crippen LogP contribution is -2.26. The zero-order valence-electron chi connectivity index (χ0n) is 12.4. The van der Waals surface area contributed by atoms with Gasteiger partial charge in [0.15, 0.2) is 0 Å². The first-order valence-corrected chi connectivity index (χ1v) is 6.99. The van der Waals surface area contributed by atoms with Gasteiger partial charge in [-0.25, -0.2) is 4.98 Å². The predicted molar refractivity (Wildman–Crippen MR) is 84.6 cm³/mol. The summed E-state index contributed by atoms with van der Waals surface area (Å²) in [6.07, 6.45) is 1.66. The van der Waals surface area contributed by atoms with Crippen molar-refractivity contribution in [1.29, 1.82) is 0 Å². The van der Waals surface area contributed by atoms with Crippen molar-refractivity contribution in [3.63, 3.8) is 0 Å². The van der Waals surface area contributed by atoms with E-state index in [-0.39, 0.29) is 5.91 Å². The van der Waals surface area contributed by atoms with E-state index in [4.69, 9.17) is 5.73 Å². The van der Waals surface area contributed by atoms with E-state index >= 15 is 0 Å². The molecule has 3 rings (SSSR count). The van der Waals surface area contributed by atoms with Crippen LogP contribution in [0.5, 0.6) is 0 Å². The molecule has 6 nitrogen and oxygen atoms in total. The van der Waals surface area contributed by atoms with Crippen LogP contribution in [0, 0.1) is 0 Å². The van der Waals surface area contributed by atoms with E-state index in [1.807, 2.05) is 11.8 Å². The van der Waals surface area contributed by atoms with Crippen molar-refractivity contribution in [2.45, 2.75) is 6.92 Å². The van der Waals surface area contributed by atoms with Gasteiger partial charge in [0.1, 0.15) is 5.82 Å². The number of fused-ring (bicyclic) bond motifs is 2. The second-order valence-electron chi connectivity index (χ2n) is 5.05. The highest BCUT2D eigenvalue weighted by Crippen LogP contribution is 2.39. The van der Waals surface area contributed by atoms with Crippen LogP contribution in [-0.4, -0.2) is 30.4 Å². The summed E-state index contributed by atoms with van der Waals surface area (Å²) in [4.78, 5) is 31.9. The number of hydrogen-bond donors (Lipinski definition) is 1. The van der Waals surface area contributed by atoms with Crippen molar-refractivity contribution in [2.75, 3.05) is 23.4 Å². The molecule has 0 spiro atoms. The number of aromatic nitrogens is 1. The topological polar surface area (TPSA) is 79.5 Å². The number of rotatable bonds is 2. The molecule has 1 aromatic heterocycles. The third-order valence-electron chi connectivity index (χ3n) is 3.81. The maximum absolute atomic E-state index is 12.7. The van der Waals surface area contributed by atoms with E-state index in [0.29, 0.717) is 29.2 Å². The molecule has 1 aromatic carbocycles. The summed E-state index contributed by atoms with van der Waals surface area (Å²) in [5, 5.41) is 0. The second-order valence-corrected chi connectivity index (χ2v) is 5.05. The van der Waals surface area contributed by atoms with Crippen LogP contribution in [-0.2, 0) is 0 Å². The predicted octanol–water partition coefficient (Wildman–Crippen LogP) is 1.93. The molecule has 6 heteroatoms. The Labute approximate surface area is 128 Å². The van der Waals surface area contributed by atoms with Crippen LogP contribution in [0.1, 0.15) is 27.6 Å². The Balaban J connectivity index is 2.28. The average molecular weight is 296 g/mol. The summed E-state index contributed by atoms with van der Waals surface area (Å²) in [7, 11) is 1.68. The van der Waals surface area contributed by atoms with Crippen LogP contribution >= 0.6 is 0 Å². The van der Waals surface area contributed by atoms with Gasteiger partial charge in [-0.3, -0.25) is 9.59 Å². The van der Waals surface area contributed by atoms with Crippen molar-refractivity contribution in [3.05, 3.63) is 47.7 Å². The maximum atomic E-state index is 12.7. The quantitative estimate of drug-likeness (QED) is 0.918. The minimum Gasteiger partial charge on any atom is -0.366 e. The summed E-state index contributed by atoms with van der Waals surface area (Å²) in [5.41, 5.74) is 7.71. The number of benzene rings is 1. The van der Waals surface area contributed by atoms with E-state index in [0.717, 1.165) is 5.69 Å². The molecular formula is C16H16N4O2. The van der Waals surface area contributed by atoms with Gasteiger partial charge in [0.2, 0.25) is 5.91 Å². The smallest absolute Gasteiger partial charge is 0.261 e. The van der Waals surface area contributed by atoms with Gasteiger partial charge in [-0.15, -0.1) is 0 Å². The molecule has 22 heavy (non-hydrogen) atoms. The van der Waals surface area contributed by atoms with Gasteiger partial charge in [-0.05, 0) is 37.3 Å². The Morgan fingerprint density at radius 2 is 2.05 bits per heavy atom. The van der Waals surface area contributed by atoms with Crippen LogP contribution in [0.4, 0.5) is 17.2 Å². The highest BCUT2D eigenvalue weighted by molar-refractivity contribution is 6.13. The SMILES string of the molecule is CCN1c2ccc(C(N)=O)cc2N(C)C(=O)c2cccnc21. The van der Waals surface area contributed by atoms with Gasteiger partial charge in [0.25, 0.3) is 5.91 Å². The molecule has 1 aliphatic heterocycles. The zero-order valence-corrected chi connectivity index (χ0v) is 12.4. The number of primary amides is 1. The highest BCUT2D eigenvalue weighted by Gasteiger charge is 2.29. The summed E-state index contributed by atoms with van der Waals surface area (Å²) in [6.45, 7) is 2.63. The molecule has 0 saturated heterocycles. The number of pyridine rings is 1. The van der Waals surface area contributed by atoms with E-state index in [1.54, 1.807) is 43.6 Å². The fraction of sp³-hybridized carbons (Fsp3) is 0.188. The number of nitrogens with two attached hydrogens (primary N) is 1. The molecule has 2 amide bonds. The lowest BCUT2D eigenvalue weighted by atomic mass is 10.1. The van der Waals surface area contributed by atoms with Gasteiger partial charge in [-0.2, -0.15) is 0 Å². The Hall–Kier alpha value is -2.89. The van der Waals surface area contributed by atoms with Crippen LogP contribution in [0.25, 0.3) is 0 Å². The van der Waals surface area contributed by atoms with E-state index in [2.05, 4.69) is 4.98 Å².